The van der Waals surface area contributed by atoms with Gasteiger partial charge in [-0.3, -0.25) is 9.78 Å². The van der Waals surface area contributed by atoms with Crippen LogP contribution in [-0.4, -0.2) is 25.4 Å². The van der Waals surface area contributed by atoms with Gasteiger partial charge in [-0.15, -0.1) is 0 Å². The van der Waals surface area contributed by atoms with Gasteiger partial charge in [0.1, 0.15) is 0 Å². The Bertz CT molecular complexity index is 1960. The quantitative estimate of drug-likeness (QED) is 0.299. The molecule has 0 bridgehead atoms. The second-order valence-electron chi connectivity index (χ2n) is 7.96. The highest BCUT2D eigenvalue weighted by atomic mass is 16.1. The van der Waals surface area contributed by atoms with E-state index in [2.05, 4.69) is 25.6 Å². The Morgan fingerprint density at radius 3 is 2.67 bits per heavy atom. The van der Waals surface area contributed by atoms with Crippen molar-refractivity contribution in [2.75, 3.05) is 10.6 Å². The third-order valence-electron chi connectivity index (χ3n) is 5.10. The normalized spacial score (nSPS) is 13.9. The third kappa shape index (κ3) is 5.15. The Balaban J connectivity index is 1.58. The van der Waals surface area contributed by atoms with Gasteiger partial charge < -0.3 is 15.2 Å². The van der Waals surface area contributed by atoms with Gasteiger partial charge in [-0.25, -0.2) is 9.97 Å². The first-order valence-electron chi connectivity index (χ1n) is 15.0. The van der Waals surface area contributed by atoms with E-state index in [0.717, 1.165) is 10.1 Å². The molecule has 0 saturated heterocycles. The summed E-state index contributed by atoms with van der Waals surface area (Å²) in [6.07, 6.45) is 4.50. The summed E-state index contributed by atoms with van der Waals surface area (Å²) in [7, 11) is 0. The van der Waals surface area contributed by atoms with Gasteiger partial charge in [0.05, 0.1) is 16.7 Å². The van der Waals surface area contributed by atoms with E-state index < -0.39 is 29.6 Å². The topological polar surface area (TPSA) is 84.7 Å². The van der Waals surface area contributed by atoms with Crippen LogP contribution in [0.25, 0.3) is 16.9 Å². The van der Waals surface area contributed by atoms with E-state index in [1.807, 2.05) is 6.07 Å². The second kappa shape index (κ2) is 9.84. The van der Waals surface area contributed by atoms with E-state index in [1.165, 1.54) is 26.1 Å². The van der Waals surface area contributed by atoms with Crippen LogP contribution in [0.1, 0.15) is 38.0 Å². The molecule has 7 nitrogen and oxygen atoms in total. The summed E-state index contributed by atoms with van der Waals surface area (Å²) in [5.41, 5.74) is 1.06. The number of anilines is 3. The van der Waals surface area contributed by atoms with Gasteiger partial charge in [-0.1, -0.05) is 6.04 Å². The average molecular weight is 483 g/mol. The summed E-state index contributed by atoms with van der Waals surface area (Å²) in [5, 5.41) is 5.35. The highest BCUT2D eigenvalue weighted by Crippen LogP contribution is 2.24. The van der Waals surface area contributed by atoms with Gasteiger partial charge in [0.25, 0.3) is 5.91 Å². The van der Waals surface area contributed by atoms with E-state index in [4.69, 9.17) is 11.0 Å². The van der Waals surface area contributed by atoms with Crippen molar-refractivity contribution in [3.8, 4) is 16.9 Å². The molecule has 2 aromatic carbocycles. The maximum Gasteiger partial charge on any atom is 0.255 e. The number of hydrogen-bond acceptors (Lipinski definition) is 5. The van der Waals surface area contributed by atoms with E-state index in [1.54, 1.807) is 31.5 Å². The van der Waals surface area contributed by atoms with Crippen LogP contribution in [0.15, 0.2) is 91.5 Å². The molecule has 0 saturated carbocycles. The van der Waals surface area contributed by atoms with Crippen molar-refractivity contribution >= 4 is 23.2 Å². The first-order chi connectivity index (χ1) is 20.8. The molecule has 0 aliphatic heterocycles. The first-order valence-corrected chi connectivity index (χ1v) is 11.0. The Labute approximate surface area is 221 Å². The highest BCUT2D eigenvalue weighted by molar-refractivity contribution is 6.05. The van der Waals surface area contributed by atoms with Crippen molar-refractivity contribution in [3.63, 3.8) is 0 Å². The van der Waals surface area contributed by atoms with Crippen LogP contribution in [0.5, 0.6) is 0 Å². The number of rotatable bonds is 6. The number of aryl methyl sites for hydroxylation is 1. The predicted octanol–water partition coefficient (Wildman–Crippen LogP) is 6.25. The van der Waals surface area contributed by atoms with Gasteiger partial charge >= 0.3 is 0 Å². The number of nitrogens with one attached hydrogen (secondary N) is 2. The molecule has 36 heavy (non-hydrogen) atoms. The molecule has 7 heteroatoms. The molecule has 0 unspecified atom stereocenters. The molecule has 0 aliphatic rings. The van der Waals surface area contributed by atoms with Crippen LogP contribution < -0.4 is 10.6 Å². The monoisotopic (exact) mass is 482 g/mol. The van der Waals surface area contributed by atoms with Crippen molar-refractivity contribution < 1.29 is 15.8 Å². The zero-order valence-corrected chi connectivity index (χ0v) is 19.7. The summed E-state index contributed by atoms with van der Waals surface area (Å²) in [4.78, 5) is 26.4. The Morgan fingerprint density at radius 1 is 1.00 bits per heavy atom. The molecule has 0 fully saturated rings. The zero-order chi connectivity index (χ0) is 32.0. The molecule has 1 amide bonds. The molecule has 178 valence electrons. The number of hydrogen-bond donors (Lipinski definition) is 2. The number of nitrogens with zero attached hydrogens (tertiary/aromatic N) is 4. The van der Waals surface area contributed by atoms with E-state index in [9.17, 15) is 4.79 Å². The maximum absolute atomic E-state index is 13.7. The van der Waals surface area contributed by atoms with Crippen LogP contribution in [0.4, 0.5) is 17.3 Å². The molecule has 0 spiro atoms. The van der Waals surface area contributed by atoms with Gasteiger partial charge in [-0.2, -0.15) is 0 Å². The minimum Gasteiger partial charge on any atom is -0.324 e. The number of carbonyl (C=O) groups is 1. The van der Waals surface area contributed by atoms with Gasteiger partial charge in [0.2, 0.25) is 5.95 Å². The molecular formula is C29H26N6O. The van der Waals surface area contributed by atoms with E-state index >= 15 is 0 Å². The van der Waals surface area contributed by atoms with Crippen molar-refractivity contribution in [2.24, 2.45) is 0 Å². The van der Waals surface area contributed by atoms with Crippen LogP contribution in [0, 0.1) is 20.8 Å². The summed E-state index contributed by atoms with van der Waals surface area (Å²) < 4.78 is 69.4. The minimum absolute atomic E-state index is 0.0237. The summed E-state index contributed by atoms with van der Waals surface area (Å²) in [6.45, 7) is 4.59. The fraction of sp³-hybridized carbons (Fsp3) is 0.103. The van der Waals surface area contributed by atoms with Gasteiger partial charge in [0.15, 0.2) is 0 Å². The minimum atomic E-state index is -1.02. The molecule has 0 radical (unpaired) electrons. The van der Waals surface area contributed by atoms with E-state index in [0.29, 0.717) is 11.3 Å². The van der Waals surface area contributed by atoms with E-state index in [-0.39, 0.29) is 64.6 Å². The largest absolute Gasteiger partial charge is 0.324 e. The SMILES string of the molecule is [2H]c1c([2H])c(C(=O)Nc2c([2H])c(C)c([2H])c(-n3c([2H])cc(C)c3[2H])c2[2H])c([2H])c(Nc2nccc(-c3cccnc3)n2)c1C. The number of amides is 1. The van der Waals surface area contributed by atoms with Crippen molar-refractivity contribution in [2.45, 2.75) is 20.8 Å². The smallest absolute Gasteiger partial charge is 0.255 e. The predicted molar refractivity (Wildman–Crippen MR) is 143 cm³/mol. The van der Waals surface area contributed by atoms with Crippen LogP contribution >= 0.6 is 0 Å². The van der Waals surface area contributed by atoms with Crippen LogP contribution in [0.2, 0.25) is 0 Å². The third-order valence-corrected chi connectivity index (χ3v) is 5.10. The fourth-order valence-electron chi connectivity index (χ4n) is 3.36. The standard InChI is InChI=1S/C29H26N6O/c1-19-9-12-35(18-19)25-14-20(2)13-24(16-25)32-28(36)22-7-6-21(3)27(15-22)34-29-31-11-8-26(33-29)23-5-4-10-30-17-23/h4-18H,1-3H3,(H,32,36)(H,31,33,34)/i6D,7D,12D,13D,14D,15D,16D,18D. The fourth-order valence-corrected chi connectivity index (χ4v) is 3.36. The second-order valence-corrected chi connectivity index (χ2v) is 7.96. The van der Waals surface area contributed by atoms with Gasteiger partial charge in [0, 0.05) is 59.1 Å². The lowest BCUT2D eigenvalue weighted by Crippen LogP contribution is -2.13. The van der Waals surface area contributed by atoms with Gasteiger partial charge in [-0.05, 0) is 91.9 Å². The number of pyridine rings is 1. The molecule has 0 aliphatic carbocycles. The van der Waals surface area contributed by atoms with Crippen molar-refractivity contribution in [1.29, 1.82) is 0 Å². The highest BCUT2D eigenvalue weighted by Gasteiger charge is 2.12. The number of benzene rings is 2. The summed E-state index contributed by atoms with van der Waals surface area (Å²) in [6, 6.07) is 4.31. The van der Waals surface area contributed by atoms with Crippen LogP contribution in [-0.2, 0) is 0 Å². The summed E-state index contributed by atoms with van der Waals surface area (Å²) >= 11 is 0. The molecular weight excluding hydrogens is 448 g/mol. The molecule has 5 rings (SSSR count). The maximum atomic E-state index is 13.7. The molecule has 0 atom stereocenters. The van der Waals surface area contributed by atoms with Crippen molar-refractivity contribution in [3.05, 3.63) is 114 Å². The lowest BCUT2D eigenvalue weighted by atomic mass is 10.1. The summed E-state index contributed by atoms with van der Waals surface area (Å²) in [5.74, 6) is -0.938. The van der Waals surface area contributed by atoms with Crippen molar-refractivity contribution in [1.82, 2.24) is 19.5 Å². The lowest BCUT2D eigenvalue weighted by molar-refractivity contribution is 0.102. The molecule has 3 aromatic heterocycles. The molecule has 3 heterocycles. The Morgan fingerprint density at radius 2 is 1.89 bits per heavy atom. The number of aromatic nitrogens is 4. The lowest BCUT2D eigenvalue weighted by Gasteiger charge is -2.13. The van der Waals surface area contributed by atoms with Crippen LogP contribution in [0.3, 0.4) is 0 Å². The average Bonchev–Trinajstić information content (AvgIpc) is 3.26. The number of carbonyl (C=O) groups excluding carboxylic acids is 1. The molecule has 2 N–H and O–H groups in total. The Kier molecular flexibility index (Phi) is 4.17. The first kappa shape index (κ1) is 15.3. The zero-order valence-electron chi connectivity index (χ0n) is 27.7. The Hall–Kier alpha value is -4.78. The molecule has 5 aromatic rings.